The van der Waals surface area contributed by atoms with Gasteiger partial charge in [-0.05, 0) is 24.8 Å². The zero-order valence-electron chi connectivity index (χ0n) is 14.0. The quantitative estimate of drug-likeness (QED) is 0.302. The van der Waals surface area contributed by atoms with Gasteiger partial charge in [-0.2, -0.15) is 11.8 Å². The van der Waals surface area contributed by atoms with E-state index in [1.165, 1.54) is 5.69 Å². The Kier molecular flexibility index (Phi) is 9.54. The third-order valence-electron chi connectivity index (χ3n) is 3.78. The van der Waals surface area contributed by atoms with Crippen LogP contribution in [0.15, 0.2) is 29.3 Å². The summed E-state index contributed by atoms with van der Waals surface area (Å²) < 4.78 is 5.46. The smallest absolute Gasteiger partial charge is 0.191 e. The molecule has 0 amide bonds. The van der Waals surface area contributed by atoms with Gasteiger partial charge in [-0.1, -0.05) is 12.1 Å². The number of ether oxygens (including phenoxy) is 1. The topological polar surface area (TPSA) is 48.9 Å². The van der Waals surface area contributed by atoms with Crippen LogP contribution in [0.3, 0.4) is 0 Å². The molecule has 23 heavy (non-hydrogen) atoms. The zero-order valence-corrected chi connectivity index (χ0v) is 17.2. The lowest BCUT2D eigenvalue weighted by atomic mass is 10.2. The van der Waals surface area contributed by atoms with Crippen molar-refractivity contribution in [2.45, 2.75) is 12.5 Å². The summed E-state index contributed by atoms with van der Waals surface area (Å²) in [5.74, 6) is 2.91. The van der Waals surface area contributed by atoms with Crippen molar-refractivity contribution < 1.29 is 4.74 Å². The molecule has 1 fully saturated rings. The van der Waals surface area contributed by atoms with Crippen LogP contribution in [-0.2, 0) is 0 Å². The van der Waals surface area contributed by atoms with E-state index in [0.717, 1.165) is 43.5 Å². The van der Waals surface area contributed by atoms with E-state index in [0.29, 0.717) is 6.04 Å². The van der Waals surface area contributed by atoms with Gasteiger partial charge in [0.2, 0.25) is 0 Å². The number of guanidine groups is 1. The number of anilines is 1. The van der Waals surface area contributed by atoms with E-state index in [4.69, 9.17) is 4.74 Å². The predicted octanol–water partition coefficient (Wildman–Crippen LogP) is 2.42. The number of nitrogens with one attached hydrogen (secondary N) is 2. The maximum absolute atomic E-state index is 5.46. The number of aliphatic imine (C=N–C) groups is 1. The van der Waals surface area contributed by atoms with Gasteiger partial charge < -0.3 is 20.3 Å². The summed E-state index contributed by atoms with van der Waals surface area (Å²) in [6, 6.07) is 8.60. The molecule has 0 saturated carbocycles. The molecule has 5 nitrogen and oxygen atoms in total. The molecule has 1 aliphatic heterocycles. The van der Waals surface area contributed by atoms with Gasteiger partial charge in [-0.25, -0.2) is 0 Å². The monoisotopic (exact) mass is 450 g/mol. The molecular formula is C16H27IN4OS. The summed E-state index contributed by atoms with van der Waals surface area (Å²) in [5, 5.41) is 6.86. The van der Waals surface area contributed by atoms with Crippen LogP contribution in [0.1, 0.15) is 6.42 Å². The minimum Gasteiger partial charge on any atom is -0.495 e. The van der Waals surface area contributed by atoms with E-state index in [-0.39, 0.29) is 24.0 Å². The molecule has 1 aliphatic rings. The highest BCUT2D eigenvalue weighted by molar-refractivity contribution is 14.0. The first-order chi connectivity index (χ1) is 10.8. The van der Waals surface area contributed by atoms with E-state index >= 15 is 0 Å². The first-order valence-corrected chi connectivity index (χ1v) is 9.02. The van der Waals surface area contributed by atoms with Crippen molar-refractivity contribution in [3.8, 4) is 5.75 Å². The first-order valence-electron chi connectivity index (χ1n) is 7.62. The van der Waals surface area contributed by atoms with Crippen molar-refractivity contribution in [2.24, 2.45) is 4.99 Å². The molecule has 7 heteroatoms. The van der Waals surface area contributed by atoms with Gasteiger partial charge in [0.25, 0.3) is 0 Å². The van der Waals surface area contributed by atoms with Crippen molar-refractivity contribution in [1.82, 2.24) is 10.6 Å². The number of hydrogen-bond acceptors (Lipinski definition) is 4. The van der Waals surface area contributed by atoms with Gasteiger partial charge in [0.1, 0.15) is 5.75 Å². The Morgan fingerprint density at radius 3 is 2.91 bits per heavy atom. The molecule has 1 aromatic rings. The van der Waals surface area contributed by atoms with Gasteiger partial charge in [0.15, 0.2) is 5.96 Å². The van der Waals surface area contributed by atoms with Crippen molar-refractivity contribution >= 4 is 47.4 Å². The Morgan fingerprint density at radius 2 is 2.22 bits per heavy atom. The second kappa shape index (κ2) is 10.9. The molecule has 0 radical (unpaired) electrons. The number of hydrogen-bond donors (Lipinski definition) is 2. The number of halogens is 1. The van der Waals surface area contributed by atoms with Crippen LogP contribution in [0.25, 0.3) is 0 Å². The number of para-hydroxylation sites is 2. The fraction of sp³-hybridized carbons (Fsp3) is 0.562. The molecule has 1 atom stereocenters. The van der Waals surface area contributed by atoms with E-state index in [9.17, 15) is 0 Å². The number of methoxy groups -OCH3 is 1. The predicted molar refractivity (Wildman–Crippen MR) is 112 cm³/mol. The fourth-order valence-corrected chi connectivity index (χ4v) is 2.95. The first kappa shape index (κ1) is 20.2. The Balaban J connectivity index is 0.00000264. The molecule has 2 N–H and O–H groups in total. The van der Waals surface area contributed by atoms with Crippen LogP contribution < -0.4 is 20.3 Å². The highest BCUT2D eigenvalue weighted by atomic mass is 127. The lowest BCUT2D eigenvalue weighted by Gasteiger charge is -2.22. The molecule has 0 aromatic heterocycles. The minimum absolute atomic E-state index is 0. The van der Waals surface area contributed by atoms with Crippen molar-refractivity contribution in [3.63, 3.8) is 0 Å². The fourth-order valence-electron chi connectivity index (χ4n) is 2.65. The molecule has 130 valence electrons. The third kappa shape index (κ3) is 5.95. The summed E-state index contributed by atoms with van der Waals surface area (Å²) in [4.78, 5) is 6.66. The van der Waals surface area contributed by atoms with E-state index in [1.54, 1.807) is 7.11 Å². The second-order valence-corrected chi connectivity index (χ2v) is 6.23. The Labute approximate surface area is 160 Å². The zero-order chi connectivity index (χ0) is 15.8. The molecule has 1 saturated heterocycles. The normalized spacial score (nSPS) is 17.6. The van der Waals surface area contributed by atoms with Crippen molar-refractivity contribution in [3.05, 3.63) is 24.3 Å². The van der Waals surface area contributed by atoms with Crippen LogP contribution in [0.5, 0.6) is 5.75 Å². The molecule has 0 spiro atoms. The van der Waals surface area contributed by atoms with Gasteiger partial charge in [-0.15, -0.1) is 24.0 Å². The Hall–Kier alpha value is -0.830. The average molecular weight is 450 g/mol. The standard InChI is InChI=1S/C16H26N4OS.HI/c1-17-16(18-9-11-22-3)19-13-8-10-20(12-13)14-6-4-5-7-15(14)21-2;/h4-7,13H,8-12H2,1-3H3,(H2,17,18,19);1H. The van der Waals surface area contributed by atoms with E-state index in [1.807, 2.05) is 30.9 Å². The van der Waals surface area contributed by atoms with Gasteiger partial charge in [-0.3, -0.25) is 4.99 Å². The molecule has 1 heterocycles. The number of thioether (sulfide) groups is 1. The molecule has 1 aromatic carbocycles. The second-order valence-electron chi connectivity index (χ2n) is 5.24. The minimum atomic E-state index is 0. The molecule has 0 bridgehead atoms. The van der Waals surface area contributed by atoms with Crippen LogP contribution in [0, 0.1) is 0 Å². The van der Waals surface area contributed by atoms with Crippen molar-refractivity contribution in [2.75, 3.05) is 50.7 Å². The molecular weight excluding hydrogens is 423 g/mol. The Morgan fingerprint density at radius 1 is 1.43 bits per heavy atom. The average Bonchev–Trinajstić information content (AvgIpc) is 3.02. The summed E-state index contributed by atoms with van der Waals surface area (Å²) in [6.45, 7) is 2.92. The largest absolute Gasteiger partial charge is 0.495 e. The van der Waals surface area contributed by atoms with Gasteiger partial charge >= 0.3 is 0 Å². The molecule has 0 aliphatic carbocycles. The summed E-state index contributed by atoms with van der Waals surface area (Å²) >= 11 is 1.83. The summed E-state index contributed by atoms with van der Waals surface area (Å²) in [5.41, 5.74) is 1.17. The third-order valence-corrected chi connectivity index (χ3v) is 4.39. The number of benzene rings is 1. The van der Waals surface area contributed by atoms with Gasteiger partial charge in [0.05, 0.1) is 12.8 Å². The maximum atomic E-state index is 5.46. The van der Waals surface area contributed by atoms with Crippen molar-refractivity contribution in [1.29, 1.82) is 0 Å². The van der Waals surface area contributed by atoms with Crippen LogP contribution in [0.4, 0.5) is 5.69 Å². The van der Waals surface area contributed by atoms with Crippen LogP contribution in [0.2, 0.25) is 0 Å². The highest BCUT2D eigenvalue weighted by Gasteiger charge is 2.25. The van der Waals surface area contributed by atoms with Crippen LogP contribution >= 0.6 is 35.7 Å². The van der Waals surface area contributed by atoms with E-state index < -0.39 is 0 Å². The van der Waals surface area contributed by atoms with Crippen LogP contribution in [-0.4, -0.2) is 57.8 Å². The van der Waals surface area contributed by atoms with Gasteiger partial charge in [0, 0.05) is 38.5 Å². The number of rotatable bonds is 6. The lowest BCUT2D eigenvalue weighted by molar-refractivity contribution is 0.415. The highest BCUT2D eigenvalue weighted by Crippen LogP contribution is 2.30. The maximum Gasteiger partial charge on any atom is 0.191 e. The Bertz CT molecular complexity index is 501. The lowest BCUT2D eigenvalue weighted by Crippen LogP contribution is -2.45. The molecule has 2 rings (SSSR count). The SMILES string of the molecule is CN=C(NCCSC)NC1CCN(c2ccccc2OC)C1.I. The summed E-state index contributed by atoms with van der Waals surface area (Å²) in [7, 11) is 3.55. The van der Waals surface area contributed by atoms with E-state index in [2.05, 4.69) is 38.9 Å². The molecule has 1 unspecified atom stereocenters. The number of nitrogens with zero attached hydrogens (tertiary/aromatic N) is 2. The summed E-state index contributed by atoms with van der Waals surface area (Å²) in [6.07, 6.45) is 3.21.